The molecular formula is C12H21ClN2O. The van der Waals surface area contributed by atoms with E-state index in [1.165, 1.54) is 12.8 Å². The Bertz CT molecular complexity index is 245. The van der Waals surface area contributed by atoms with Crippen molar-refractivity contribution in [2.45, 2.75) is 19.8 Å². The van der Waals surface area contributed by atoms with E-state index in [0.29, 0.717) is 5.92 Å². The summed E-state index contributed by atoms with van der Waals surface area (Å²) in [5.74, 6) is 0.594. The number of amides is 1. The molecule has 92 valence electrons. The zero-order chi connectivity index (χ0) is 10.9. The van der Waals surface area contributed by atoms with Gasteiger partial charge >= 0.3 is 0 Å². The fourth-order valence-corrected chi connectivity index (χ4v) is 1.66. The monoisotopic (exact) mass is 244 g/mol. The molecule has 3 nitrogen and oxygen atoms in total. The van der Waals surface area contributed by atoms with E-state index in [2.05, 4.69) is 10.6 Å². The van der Waals surface area contributed by atoms with Gasteiger partial charge in [0.2, 0.25) is 5.91 Å². The van der Waals surface area contributed by atoms with Gasteiger partial charge in [0, 0.05) is 12.6 Å². The maximum absolute atomic E-state index is 11.3. The Labute approximate surface area is 104 Å². The first kappa shape index (κ1) is 15.2. The van der Waals surface area contributed by atoms with Crippen LogP contribution in [0, 0.1) is 5.92 Å². The predicted octanol–water partition coefficient (Wildman–Crippen LogP) is 1.66. The number of rotatable bonds is 4. The van der Waals surface area contributed by atoms with Crippen molar-refractivity contribution >= 4 is 18.3 Å². The van der Waals surface area contributed by atoms with Gasteiger partial charge in [-0.25, -0.2) is 0 Å². The Morgan fingerprint density at radius 3 is 2.94 bits per heavy atom. The van der Waals surface area contributed by atoms with Crippen LogP contribution in [-0.4, -0.2) is 25.5 Å². The summed E-state index contributed by atoms with van der Waals surface area (Å²) in [6, 6.07) is 0. The number of carbonyl (C=O) groups is 1. The third-order valence-electron chi connectivity index (χ3n) is 2.52. The molecule has 0 aromatic rings. The third kappa shape index (κ3) is 6.64. The Morgan fingerprint density at radius 2 is 2.31 bits per heavy atom. The van der Waals surface area contributed by atoms with Crippen molar-refractivity contribution in [3.05, 3.63) is 24.3 Å². The number of nitrogens with one attached hydrogen (secondary N) is 2. The number of hydrogen-bond donors (Lipinski definition) is 2. The van der Waals surface area contributed by atoms with Gasteiger partial charge in [0.25, 0.3) is 0 Å². The topological polar surface area (TPSA) is 41.1 Å². The van der Waals surface area contributed by atoms with Gasteiger partial charge in [-0.2, -0.15) is 0 Å². The number of allylic oxidation sites excluding steroid dienone is 3. The van der Waals surface area contributed by atoms with Crippen LogP contribution in [0.25, 0.3) is 0 Å². The highest BCUT2D eigenvalue weighted by Crippen LogP contribution is 2.07. The van der Waals surface area contributed by atoms with Crippen molar-refractivity contribution < 1.29 is 4.79 Å². The first-order chi connectivity index (χ1) is 7.33. The van der Waals surface area contributed by atoms with Crippen LogP contribution in [-0.2, 0) is 4.79 Å². The molecule has 1 aliphatic heterocycles. The summed E-state index contributed by atoms with van der Waals surface area (Å²) in [6.45, 7) is 4.85. The SMILES string of the molecule is CC=CC=CC(=O)NCC1CCCNC1.Cl. The summed E-state index contributed by atoms with van der Waals surface area (Å²) >= 11 is 0. The zero-order valence-corrected chi connectivity index (χ0v) is 10.6. The molecule has 4 heteroatoms. The van der Waals surface area contributed by atoms with Gasteiger partial charge in [-0.1, -0.05) is 18.2 Å². The van der Waals surface area contributed by atoms with Crippen molar-refractivity contribution in [1.82, 2.24) is 10.6 Å². The number of hydrogen-bond acceptors (Lipinski definition) is 2. The number of carbonyl (C=O) groups excluding carboxylic acids is 1. The van der Waals surface area contributed by atoms with Gasteiger partial charge in [-0.05, 0) is 38.8 Å². The first-order valence-electron chi connectivity index (χ1n) is 5.61. The average molecular weight is 245 g/mol. The molecule has 1 amide bonds. The van der Waals surface area contributed by atoms with Crippen LogP contribution in [0.5, 0.6) is 0 Å². The highest BCUT2D eigenvalue weighted by molar-refractivity contribution is 5.87. The summed E-state index contributed by atoms with van der Waals surface area (Å²) in [6.07, 6.45) is 9.50. The lowest BCUT2D eigenvalue weighted by atomic mass is 10.00. The second kappa shape index (κ2) is 9.43. The van der Waals surface area contributed by atoms with Gasteiger partial charge < -0.3 is 10.6 Å². The molecule has 1 saturated heterocycles. The zero-order valence-electron chi connectivity index (χ0n) is 9.74. The Balaban J connectivity index is 0.00000225. The summed E-state index contributed by atoms with van der Waals surface area (Å²) in [4.78, 5) is 11.3. The van der Waals surface area contributed by atoms with Crippen molar-refractivity contribution in [2.75, 3.05) is 19.6 Å². The molecule has 0 spiro atoms. The maximum Gasteiger partial charge on any atom is 0.243 e. The lowest BCUT2D eigenvalue weighted by molar-refractivity contribution is -0.116. The van der Waals surface area contributed by atoms with Crippen LogP contribution in [0.15, 0.2) is 24.3 Å². The van der Waals surface area contributed by atoms with Crippen LogP contribution in [0.1, 0.15) is 19.8 Å². The second-order valence-electron chi connectivity index (χ2n) is 3.84. The summed E-state index contributed by atoms with van der Waals surface area (Å²) in [5, 5.41) is 6.24. The molecule has 0 saturated carbocycles. The Morgan fingerprint density at radius 1 is 1.50 bits per heavy atom. The van der Waals surface area contributed by atoms with Gasteiger partial charge in [0.1, 0.15) is 0 Å². The van der Waals surface area contributed by atoms with Crippen molar-refractivity contribution in [1.29, 1.82) is 0 Å². The third-order valence-corrected chi connectivity index (χ3v) is 2.52. The molecule has 1 heterocycles. The van der Waals surface area contributed by atoms with Gasteiger partial charge in [0.15, 0.2) is 0 Å². The summed E-state index contributed by atoms with van der Waals surface area (Å²) in [5.41, 5.74) is 0. The molecule has 1 aliphatic rings. The number of halogens is 1. The molecule has 1 unspecified atom stereocenters. The first-order valence-corrected chi connectivity index (χ1v) is 5.61. The minimum Gasteiger partial charge on any atom is -0.352 e. The highest BCUT2D eigenvalue weighted by atomic mass is 35.5. The molecule has 0 aromatic heterocycles. The van der Waals surface area contributed by atoms with Crippen LogP contribution < -0.4 is 10.6 Å². The predicted molar refractivity (Wildman–Crippen MR) is 69.8 cm³/mol. The van der Waals surface area contributed by atoms with Crippen LogP contribution >= 0.6 is 12.4 Å². The molecule has 0 aromatic carbocycles. The molecule has 16 heavy (non-hydrogen) atoms. The normalized spacial score (nSPS) is 20.9. The Hall–Kier alpha value is -0.800. The van der Waals surface area contributed by atoms with E-state index in [1.54, 1.807) is 12.2 Å². The summed E-state index contributed by atoms with van der Waals surface area (Å²) in [7, 11) is 0. The molecular weight excluding hydrogens is 224 g/mol. The fraction of sp³-hybridized carbons (Fsp3) is 0.583. The van der Waals surface area contributed by atoms with E-state index in [1.807, 2.05) is 19.1 Å². The minimum absolute atomic E-state index is 0. The molecule has 0 bridgehead atoms. The molecule has 0 aliphatic carbocycles. The van der Waals surface area contributed by atoms with Gasteiger partial charge in [-0.15, -0.1) is 12.4 Å². The second-order valence-corrected chi connectivity index (χ2v) is 3.84. The van der Waals surface area contributed by atoms with Gasteiger partial charge in [-0.3, -0.25) is 4.79 Å². The molecule has 1 atom stereocenters. The lowest BCUT2D eigenvalue weighted by Crippen LogP contribution is -2.37. The quantitative estimate of drug-likeness (QED) is 0.583. The van der Waals surface area contributed by atoms with E-state index < -0.39 is 0 Å². The Kier molecular flexibility index (Phi) is 8.96. The van der Waals surface area contributed by atoms with Crippen molar-refractivity contribution in [3.8, 4) is 0 Å². The van der Waals surface area contributed by atoms with Crippen LogP contribution in [0.3, 0.4) is 0 Å². The largest absolute Gasteiger partial charge is 0.352 e. The van der Waals surface area contributed by atoms with E-state index in [-0.39, 0.29) is 18.3 Å². The van der Waals surface area contributed by atoms with Crippen LogP contribution in [0.4, 0.5) is 0 Å². The van der Waals surface area contributed by atoms with E-state index in [9.17, 15) is 4.79 Å². The van der Waals surface area contributed by atoms with Crippen molar-refractivity contribution in [2.24, 2.45) is 5.92 Å². The van der Waals surface area contributed by atoms with Crippen molar-refractivity contribution in [3.63, 3.8) is 0 Å². The van der Waals surface area contributed by atoms with Crippen LogP contribution in [0.2, 0.25) is 0 Å². The standard InChI is InChI=1S/C12H20N2O.ClH/c1-2-3-4-7-12(15)14-10-11-6-5-8-13-9-11;/h2-4,7,11,13H,5-6,8-10H2,1H3,(H,14,15);1H. The summed E-state index contributed by atoms with van der Waals surface area (Å²) < 4.78 is 0. The average Bonchev–Trinajstić information content (AvgIpc) is 2.28. The molecule has 0 radical (unpaired) electrons. The smallest absolute Gasteiger partial charge is 0.243 e. The maximum atomic E-state index is 11.3. The lowest BCUT2D eigenvalue weighted by Gasteiger charge is -2.22. The van der Waals surface area contributed by atoms with E-state index in [0.717, 1.165) is 19.6 Å². The van der Waals surface area contributed by atoms with Gasteiger partial charge in [0.05, 0.1) is 0 Å². The molecule has 1 rings (SSSR count). The minimum atomic E-state index is -0.00123. The molecule has 2 N–H and O–H groups in total. The van der Waals surface area contributed by atoms with E-state index >= 15 is 0 Å². The van der Waals surface area contributed by atoms with E-state index in [4.69, 9.17) is 0 Å². The number of piperidine rings is 1. The molecule has 1 fully saturated rings. The fourth-order valence-electron chi connectivity index (χ4n) is 1.66. The highest BCUT2D eigenvalue weighted by Gasteiger charge is 2.12.